The van der Waals surface area contributed by atoms with Crippen LogP contribution in [0.5, 0.6) is 11.5 Å². The monoisotopic (exact) mass is 312 g/mol. The van der Waals surface area contributed by atoms with Crippen molar-refractivity contribution in [1.29, 1.82) is 0 Å². The zero-order valence-corrected chi connectivity index (χ0v) is 12.4. The summed E-state index contributed by atoms with van der Waals surface area (Å²) in [5.74, 6) is 0.783. The van der Waals surface area contributed by atoms with Crippen molar-refractivity contribution in [3.05, 3.63) is 34.4 Å². The summed E-state index contributed by atoms with van der Waals surface area (Å²) >= 11 is 6.02. The number of hydrogen-bond acceptors (Lipinski definition) is 7. The molecule has 0 bridgehead atoms. The molecular weight excluding hydrogens is 300 g/mol. The van der Waals surface area contributed by atoms with E-state index in [-0.39, 0.29) is 23.1 Å². The molecule has 0 saturated carbocycles. The second kappa shape index (κ2) is 6.45. The lowest BCUT2D eigenvalue weighted by atomic mass is 10.2. The van der Waals surface area contributed by atoms with Crippen LogP contribution >= 0.6 is 11.6 Å². The molecule has 0 unspecified atom stereocenters. The minimum atomic E-state index is -0.589. The first-order chi connectivity index (χ1) is 10.0. The van der Waals surface area contributed by atoms with Gasteiger partial charge in [0.15, 0.2) is 23.9 Å². The Morgan fingerprint density at radius 2 is 2.10 bits per heavy atom. The number of carbonyl (C=O) groups excluding carboxylic acids is 1. The summed E-state index contributed by atoms with van der Waals surface area (Å²) in [4.78, 5) is 15.9. The maximum Gasteiger partial charge on any atom is 0.338 e. The second-order valence-electron chi connectivity index (χ2n) is 4.01. The fraction of sp³-hybridized carbons (Fsp3) is 0.308. The van der Waals surface area contributed by atoms with Crippen LogP contribution in [-0.4, -0.2) is 30.3 Å². The zero-order chi connectivity index (χ0) is 15.4. The summed E-state index contributed by atoms with van der Waals surface area (Å²) in [7, 11) is 2.91. The number of nitrogens with zero attached hydrogens (tertiary/aromatic N) is 2. The molecular formula is C13H13ClN2O5. The highest BCUT2D eigenvalue weighted by atomic mass is 35.5. The number of ether oxygens (including phenoxy) is 3. The van der Waals surface area contributed by atoms with Crippen LogP contribution in [0.2, 0.25) is 5.02 Å². The molecule has 112 valence electrons. The number of carbonyl (C=O) groups is 1. The topological polar surface area (TPSA) is 83.7 Å². The van der Waals surface area contributed by atoms with Crippen LogP contribution in [0.4, 0.5) is 0 Å². The molecule has 0 atom stereocenters. The lowest BCUT2D eigenvalue weighted by molar-refractivity contribution is 0.0429. The van der Waals surface area contributed by atoms with Crippen LogP contribution in [0.15, 0.2) is 16.7 Å². The maximum atomic E-state index is 12.0. The number of benzene rings is 1. The third-order valence-electron chi connectivity index (χ3n) is 2.57. The molecule has 0 radical (unpaired) electrons. The van der Waals surface area contributed by atoms with E-state index in [4.69, 9.17) is 30.3 Å². The number of rotatable bonds is 5. The van der Waals surface area contributed by atoms with E-state index in [2.05, 4.69) is 10.1 Å². The summed E-state index contributed by atoms with van der Waals surface area (Å²) in [6, 6.07) is 2.91. The van der Waals surface area contributed by atoms with Gasteiger partial charge in [0.25, 0.3) is 5.89 Å². The van der Waals surface area contributed by atoms with E-state index in [0.717, 1.165) is 0 Å². The minimum Gasteiger partial charge on any atom is -0.493 e. The molecule has 1 heterocycles. The van der Waals surface area contributed by atoms with Crippen LogP contribution in [0.1, 0.15) is 22.1 Å². The standard InChI is InChI=1S/C13H13ClN2O5/c1-7-15-11(21-16-7)6-20-13(17)8-4-9(14)12(19-3)10(5-8)18-2/h4-5H,6H2,1-3H3. The number of aryl methyl sites for hydroxylation is 1. The lowest BCUT2D eigenvalue weighted by Gasteiger charge is -2.11. The molecule has 0 aliphatic carbocycles. The van der Waals surface area contributed by atoms with E-state index in [0.29, 0.717) is 17.3 Å². The lowest BCUT2D eigenvalue weighted by Crippen LogP contribution is -2.06. The molecule has 0 N–H and O–H groups in total. The van der Waals surface area contributed by atoms with Gasteiger partial charge >= 0.3 is 5.97 Å². The Morgan fingerprint density at radius 1 is 1.33 bits per heavy atom. The molecule has 7 nitrogen and oxygen atoms in total. The fourth-order valence-corrected chi connectivity index (χ4v) is 1.93. The fourth-order valence-electron chi connectivity index (χ4n) is 1.65. The summed E-state index contributed by atoms with van der Waals surface area (Å²) in [5.41, 5.74) is 0.230. The van der Waals surface area contributed by atoms with Gasteiger partial charge in [-0.15, -0.1) is 0 Å². The van der Waals surface area contributed by atoms with Crippen LogP contribution in [0.3, 0.4) is 0 Å². The Morgan fingerprint density at radius 3 is 2.67 bits per heavy atom. The highest BCUT2D eigenvalue weighted by Gasteiger charge is 2.17. The molecule has 0 aliphatic heterocycles. The molecule has 0 aliphatic rings. The Kier molecular flexibility index (Phi) is 4.64. The van der Waals surface area contributed by atoms with Crippen LogP contribution < -0.4 is 9.47 Å². The SMILES string of the molecule is COc1cc(C(=O)OCc2nc(C)no2)cc(Cl)c1OC. The van der Waals surface area contributed by atoms with Gasteiger partial charge in [-0.1, -0.05) is 16.8 Å². The van der Waals surface area contributed by atoms with Crippen molar-refractivity contribution in [3.8, 4) is 11.5 Å². The molecule has 2 rings (SSSR count). The van der Waals surface area contributed by atoms with Crippen molar-refractivity contribution in [2.75, 3.05) is 14.2 Å². The van der Waals surface area contributed by atoms with Crippen molar-refractivity contribution in [3.63, 3.8) is 0 Å². The molecule has 2 aromatic rings. The normalized spacial score (nSPS) is 10.3. The van der Waals surface area contributed by atoms with Crippen LogP contribution in [-0.2, 0) is 11.3 Å². The molecule has 21 heavy (non-hydrogen) atoms. The summed E-state index contributed by atoms with van der Waals surface area (Å²) in [6.07, 6.45) is 0. The van der Waals surface area contributed by atoms with Crippen molar-refractivity contribution in [1.82, 2.24) is 10.1 Å². The number of aromatic nitrogens is 2. The third kappa shape index (κ3) is 3.43. The number of methoxy groups -OCH3 is 2. The van der Waals surface area contributed by atoms with E-state index < -0.39 is 5.97 Å². The van der Waals surface area contributed by atoms with E-state index >= 15 is 0 Å². The van der Waals surface area contributed by atoms with E-state index in [1.54, 1.807) is 6.92 Å². The van der Waals surface area contributed by atoms with Gasteiger partial charge in [0.1, 0.15) is 0 Å². The smallest absolute Gasteiger partial charge is 0.338 e. The summed E-state index contributed by atoms with van der Waals surface area (Å²) < 4.78 is 20.1. The largest absolute Gasteiger partial charge is 0.493 e. The molecule has 0 fully saturated rings. The average Bonchev–Trinajstić information content (AvgIpc) is 2.89. The Bertz CT molecular complexity index is 656. The van der Waals surface area contributed by atoms with Crippen molar-refractivity contribution >= 4 is 17.6 Å². The van der Waals surface area contributed by atoms with E-state index in [1.807, 2.05) is 0 Å². The van der Waals surface area contributed by atoms with Gasteiger partial charge in [-0.3, -0.25) is 0 Å². The van der Waals surface area contributed by atoms with Gasteiger partial charge < -0.3 is 18.7 Å². The zero-order valence-electron chi connectivity index (χ0n) is 11.7. The Labute approximate surface area is 125 Å². The predicted octanol–water partition coefficient (Wildman–Crippen LogP) is 2.41. The minimum absolute atomic E-state index is 0.119. The number of esters is 1. The average molecular weight is 313 g/mol. The van der Waals surface area contributed by atoms with Gasteiger partial charge in [-0.25, -0.2) is 4.79 Å². The van der Waals surface area contributed by atoms with Crippen LogP contribution in [0, 0.1) is 6.92 Å². The molecule has 8 heteroatoms. The summed E-state index contributed by atoms with van der Waals surface area (Å²) in [6.45, 7) is 1.55. The maximum absolute atomic E-state index is 12.0. The summed E-state index contributed by atoms with van der Waals surface area (Å²) in [5, 5.41) is 3.84. The van der Waals surface area contributed by atoms with Gasteiger partial charge in [-0.05, 0) is 19.1 Å². The van der Waals surface area contributed by atoms with Crippen molar-refractivity contribution in [2.24, 2.45) is 0 Å². The van der Waals surface area contributed by atoms with Crippen molar-refractivity contribution < 1.29 is 23.5 Å². The quantitative estimate of drug-likeness (QED) is 0.784. The van der Waals surface area contributed by atoms with E-state index in [9.17, 15) is 4.79 Å². The number of halogens is 1. The Balaban J connectivity index is 2.13. The molecule has 1 aromatic heterocycles. The first kappa shape index (κ1) is 15.1. The van der Waals surface area contributed by atoms with Crippen LogP contribution in [0.25, 0.3) is 0 Å². The van der Waals surface area contributed by atoms with Crippen molar-refractivity contribution in [2.45, 2.75) is 13.5 Å². The first-order valence-corrected chi connectivity index (χ1v) is 6.30. The van der Waals surface area contributed by atoms with Gasteiger partial charge in [-0.2, -0.15) is 4.98 Å². The predicted molar refractivity (Wildman–Crippen MR) is 72.7 cm³/mol. The highest BCUT2D eigenvalue weighted by Crippen LogP contribution is 2.36. The highest BCUT2D eigenvalue weighted by molar-refractivity contribution is 6.32. The molecule has 1 aromatic carbocycles. The Hall–Kier alpha value is -2.28. The van der Waals surface area contributed by atoms with E-state index in [1.165, 1.54) is 26.4 Å². The first-order valence-electron chi connectivity index (χ1n) is 5.93. The third-order valence-corrected chi connectivity index (χ3v) is 2.85. The van der Waals surface area contributed by atoms with Gasteiger partial charge in [0.2, 0.25) is 0 Å². The molecule has 0 spiro atoms. The van der Waals surface area contributed by atoms with Gasteiger partial charge in [0, 0.05) is 0 Å². The van der Waals surface area contributed by atoms with Gasteiger partial charge in [0.05, 0.1) is 24.8 Å². The molecule has 0 saturated heterocycles. The second-order valence-corrected chi connectivity index (χ2v) is 4.41. The molecule has 0 amide bonds. The number of hydrogen-bond donors (Lipinski definition) is 0.